The van der Waals surface area contributed by atoms with E-state index >= 15 is 0 Å². The lowest BCUT2D eigenvalue weighted by molar-refractivity contribution is 0.626. The first-order chi connectivity index (χ1) is 8.33. The Morgan fingerprint density at radius 3 is 2.65 bits per heavy atom. The molecule has 1 aromatic heterocycles. The zero-order chi connectivity index (χ0) is 12.1. The van der Waals surface area contributed by atoms with Gasteiger partial charge in [-0.2, -0.15) is 0 Å². The number of pyridine rings is 1. The third kappa shape index (κ3) is 2.71. The van der Waals surface area contributed by atoms with E-state index in [1.807, 2.05) is 18.5 Å². The Balaban J connectivity index is 2.39. The van der Waals surface area contributed by atoms with Crippen LogP contribution in [0.15, 0.2) is 48.8 Å². The highest BCUT2D eigenvalue weighted by atomic mass is 14.9. The number of hydrogen-bond acceptors (Lipinski definition) is 2. The molecule has 0 aliphatic carbocycles. The van der Waals surface area contributed by atoms with Gasteiger partial charge in [0.15, 0.2) is 0 Å². The average molecular weight is 226 g/mol. The molecule has 0 spiro atoms. The van der Waals surface area contributed by atoms with Crippen LogP contribution in [0, 0.1) is 6.92 Å². The summed E-state index contributed by atoms with van der Waals surface area (Å²) in [5.74, 6) is 0. The number of benzene rings is 1. The molecule has 0 aliphatic heterocycles. The molecular weight excluding hydrogens is 208 g/mol. The predicted molar refractivity (Wildman–Crippen MR) is 70.9 cm³/mol. The summed E-state index contributed by atoms with van der Waals surface area (Å²) in [5.41, 5.74) is 3.84. The summed E-state index contributed by atoms with van der Waals surface area (Å²) >= 11 is 0. The molecule has 2 aromatic rings. The summed E-state index contributed by atoms with van der Waals surface area (Å²) in [6, 6.07) is 12.8. The summed E-state index contributed by atoms with van der Waals surface area (Å²) in [7, 11) is 0. The van der Waals surface area contributed by atoms with Gasteiger partial charge < -0.3 is 5.32 Å². The first kappa shape index (κ1) is 11.8. The minimum absolute atomic E-state index is 0.231. The first-order valence-corrected chi connectivity index (χ1v) is 6.01. The van der Waals surface area contributed by atoms with Crippen molar-refractivity contribution in [3.63, 3.8) is 0 Å². The minimum atomic E-state index is 0.231. The van der Waals surface area contributed by atoms with Crippen LogP contribution in [-0.2, 0) is 0 Å². The van der Waals surface area contributed by atoms with Crippen molar-refractivity contribution in [2.24, 2.45) is 0 Å². The van der Waals surface area contributed by atoms with Gasteiger partial charge >= 0.3 is 0 Å². The Labute approximate surface area is 103 Å². The number of nitrogens with zero attached hydrogens (tertiary/aromatic N) is 1. The highest BCUT2D eigenvalue weighted by Gasteiger charge is 2.14. The number of aryl methyl sites for hydroxylation is 1. The largest absolute Gasteiger partial charge is 0.306 e. The summed E-state index contributed by atoms with van der Waals surface area (Å²) in [5, 5.41) is 3.52. The second kappa shape index (κ2) is 5.60. The molecule has 0 saturated heterocycles. The summed E-state index contributed by atoms with van der Waals surface area (Å²) in [6.45, 7) is 5.21. The molecule has 1 unspecified atom stereocenters. The van der Waals surface area contributed by atoms with E-state index in [9.17, 15) is 0 Å². The smallest absolute Gasteiger partial charge is 0.0594 e. The van der Waals surface area contributed by atoms with Gasteiger partial charge in [0.1, 0.15) is 0 Å². The van der Waals surface area contributed by atoms with Crippen molar-refractivity contribution in [3.8, 4) is 0 Å². The molecule has 2 rings (SSSR count). The Morgan fingerprint density at radius 1 is 1.18 bits per heavy atom. The van der Waals surface area contributed by atoms with Gasteiger partial charge in [-0.05, 0) is 36.2 Å². The SMILES string of the molecule is CCNC(c1cccnc1)c1ccccc1C. The van der Waals surface area contributed by atoms with Crippen LogP contribution in [0.4, 0.5) is 0 Å². The number of aromatic nitrogens is 1. The van der Waals surface area contributed by atoms with E-state index < -0.39 is 0 Å². The first-order valence-electron chi connectivity index (χ1n) is 6.01. The Kier molecular flexibility index (Phi) is 3.89. The maximum atomic E-state index is 4.20. The zero-order valence-corrected chi connectivity index (χ0v) is 10.4. The lowest BCUT2D eigenvalue weighted by atomic mass is 9.96. The van der Waals surface area contributed by atoms with E-state index in [2.05, 4.69) is 54.5 Å². The summed E-state index contributed by atoms with van der Waals surface area (Å²) < 4.78 is 0. The monoisotopic (exact) mass is 226 g/mol. The van der Waals surface area contributed by atoms with Crippen LogP contribution in [0.1, 0.15) is 29.7 Å². The molecule has 1 N–H and O–H groups in total. The molecule has 88 valence electrons. The second-order valence-corrected chi connectivity index (χ2v) is 4.13. The van der Waals surface area contributed by atoms with Crippen LogP contribution in [-0.4, -0.2) is 11.5 Å². The fourth-order valence-electron chi connectivity index (χ4n) is 2.07. The molecular formula is C15H18N2. The standard InChI is InChI=1S/C15H18N2/c1-3-17-15(13-8-6-10-16-11-13)14-9-5-4-7-12(14)2/h4-11,15,17H,3H2,1-2H3. The van der Waals surface area contributed by atoms with Gasteiger partial charge in [-0.3, -0.25) is 4.98 Å². The molecule has 0 fully saturated rings. The van der Waals surface area contributed by atoms with Gasteiger partial charge in [-0.1, -0.05) is 37.3 Å². The lowest BCUT2D eigenvalue weighted by Crippen LogP contribution is -2.22. The molecule has 2 nitrogen and oxygen atoms in total. The lowest BCUT2D eigenvalue weighted by Gasteiger charge is -2.20. The Bertz CT molecular complexity index is 465. The zero-order valence-electron chi connectivity index (χ0n) is 10.4. The minimum Gasteiger partial charge on any atom is -0.306 e. The van der Waals surface area contributed by atoms with Crippen molar-refractivity contribution in [3.05, 3.63) is 65.5 Å². The number of hydrogen-bond donors (Lipinski definition) is 1. The van der Waals surface area contributed by atoms with Crippen molar-refractivity contribution in [2.75, 3.05) is 6.54 Å². The fourth-order valence-corrected chi connectivity index (χ4v) is 2.07. The van der Waals surface area contributed by atoms with Gasteiger partial charge in [-0.15, -0.1) is 0 Å². The highest BCUT2D eigenvalue weighted by Crippen LogP contribution is 2.23. The van der Waals surface area contributed by atoms with Crippen molar-refractivity contribution in [1.82, 2.24) is 10.3 Å². The third-order valence-electron chi connectivity index (χ3n) is 2.93. The molecule has 17 heavy (non-hydrogen) atoms. The normalized spacial score (nSPS) is 12.4. The van der Waals surface area contributed by atoms with Crippen molar-refractivity contribution in [2.45, 2.75) is 19.9 Å². The maximum absolute atomic E-state index is 4.20. The molecule has 1 aromatic carbocycles. The van der Waals surface area contributed by atoms with Gasteiger partial charge in [0.25, 0.3) is 0 Å². The van der Waals surface area contributed by atoms with Crippen molar-refractivity contribution < 1.29 is 0 Å². The maximum Gasteiger partial charge on any atom is 0.0594 e. The van der Waals surface area contributed by atoms with E-state index in [0.717, 1.165) is 6.54 Å². The molecule has 1 atom stereocenters. The quantitative estimate of drug-likeness (QED) is 0.866. The molecule has 0 saturated carbocycles. The molecule has 2 heteroatoms. The molecule has 1 heterocycles. The van der Waals surface area contributed by atoms with Gasteiger partial charge in [0, 0.05) is 12.4 Å². The van der Waals surface area contributed by atoms with Gasteiger partial charge in [0.2, 0.25) is 0 Å². The molecule has 0 aliphatic rings. The van der Waals surface area contributed by atoms with E-state index in [-0.39, 0.29) is 6.04 Å². The van der Waals surface area contributed by atoms with Gasteiger partial charge in [-0.25, -0.2) is 0 Å². The van der Waals surface area contributed by atoms with E-state index in [1.165, 1.54) is 16.7 Å². The molecule has 0 bridgehead atoms. The number of nitrogens with one attached hydrogen (secondary N) is 1. The molecule has 0 radical (unpaired) electrons. The predicted octanol–water partition coefficient (Wildman–Crippen LogP) is 3.09. The van der Waals surface area contributed by atoms with Crippen LogP contribution in [0.2, 0.25) is 0 Å². The Hall–Kier alpha value is -1.67. The van der Waals surface area contributed by atoms with Crippen LogP contribution >= 0.6 is 0 Å². The van der Waals surface area contributed by atoms with Gasteiger partial charge in [0.05, 0.1) is 6.04 Å². The Morgan fingerprint density at radius 2 is 2.00 bits per heavy atom. The van der Waals surface area contributed by atoms with E-state index in [4.69, 9.17) is 0 Å². The third-order valence-corrected chi connectivity index (χ3v) is 2.93. The van der Waals surface area contributed by atoms with E-state index in [1.54, 1.807) is 0 Å². The van der Waals surface area contributed by atoms with Crippen molar-refractivity contribution in [1.29, 1.82) is 0 Å². The van der Waals surface area contributed by atoms with Crippen LogP contribution in [0.25, 0.3) is 0 Å². The van der Waals surface area contributed by atoms with Crippen LogP contribution in [0.5, 0.6) is 0 Å². The number of rotatable bonds is 4. The highest BCUT2D eigenvalue weighted by molar-refractivity contribution is 5.35. The topological polar surface area (TPSA) is 24.9 Å². The molecule has 0 amide bonds. The van der Waals surface area contributed by atoms with Crippen molar-refractivity contribution >= 4 is 0 Å². The average Bonchev–Trinajstić information content (AvgIpc) is 2.38. The van der Waals surface area contributed by atoms with E-state index in [0.29, 0.717) is 0 Å². The van der Waals surface area contributed by atoms with Crippen LogP contribution in [0.3, 0.4) is 0 Å². The fraction of sp³-hybridized carbons (Fsp3) is 0.267. The second-order valence-electron chi connectivity index (χ2n) is 4.13. The summed E-state index contributed by atoms with van der Waals surface area (Å²) in [6.07, 6.45) is 3.74. The summed E-state index contributed by atoms with van der Waals surface area (Å²) in [4.78, 5) is 4.20. The van der Waals surface area contributed by atoms with Crippen LogP contribution < -0.4 is 5.32 Å².